The first-order valence-corrected chi connectivity index (χ1v) is 10.8. The summed E-state index contributed by atoms with van der Waals surface area (Å²) in [5.41, 5.74) is 0.908. The number of phosphoric ester groups is 1. The van der Waals surface area contributed by atoms with Crippen molar-refractivity contribution in [2.24, 2.45) is 0 Å². The molecule has 4 heterocycles. The first-order chi connectivity index (χ1) is 13.5. The Balaban J connectivity index is 0.00000171. The van der Waals surface area contributed by atoms with Crippen LogP contribution in [0.25, 0.3) is 16.9 Å². The van der Waals surface area contributed by atoms with Crippen molar-refractivity contribution >= 4 is 32.6 Å². The van der Waals surface area contributed by atoms with Crippen molar-refractivity contribution in [1.29, 1.82) is 0 Å². The van der Waals surface area contributed by atoms with E-state index in [-0.39, 0.29) is 88.7 Å². The number of aliphatic hydroxyl groups excluding tert-OH is 2. The van der Waals surface area contributed by atoms with E-state index in [2.05, 4.69) is 23.8 Å². The molecule has 0 spiro atoms. The van der Waals surface area contributed by atoms with E-state index in [0.29, 0.717) is 16.9 Å². The molecule has 1 fully saturated rings. The van der Waals surface area contributed by atoms with Gasteiger partial charge in [-0.05, 0) is 0 Å². The third kappa shape index (κ3) is 6.92. The number of hydrogen-bond donors (Lipinski definition) is 2. The van der Waals surface area contributed by atoms with Crippen molar-refractivity contribution in [3.63, 3.8) is 0 Å². The molecule has 1 aliphatic rings. The van der Waals surface area contributed by atoms with E-state index in [1.807, 2.05) is 0 Å². The fraction of sp³-hybridized carbons (Fsp3) is 0.417. The molecule has 158 valence electrons. The van der Waals surface area contributed by atoms with Gasteiger partial charge >= 0.3 is 88.7 Å². The molecule has 3 aromatic rings. The average Bonchev–Trinajstić information content (AvgIpc) is 3.26. The van der Waals surface area contributed by atoms with Crippen LogP contribution >= 0.6 is 15.6 Å². The summed E-state index contributed by atoms with van der Waals surface area (Å²) in [6.07, 6.45) is 0.320. The molecule has 0 aromatic carbocycles. The van der Waals surface area contributed by atoms with Gasteiger partial charge in [-0.15, -0.1) is 0 Å². The number of ether oxygens (including phenoxy) is 1. The Morgan fingerprint density at radius 3 is 2.47 bits per heavy atom. The zero-order valence-electron chi connectivity index (χ0n) is 17.1. The maximum atomic E-state index is 11.3. The molecule has 0 bridgehead atoms. The molecule has 32 heavy (non-hydrogen) atoms. The normalized spacial score (nSPS) is 25.0. The predicted molar refractivity (Wildman–Crippen MR) is 84.5 cm³/mol. The van der Waals surface area contributed by atoms with Gasteiger partial charge in [0.05, 0.1) is 20.8 Å². The number of aromatic nitrogens is 5. The van der Waals surface area contributed by atoms with E-state index in [9.17, 15) is 34.0 Å². The van der Waals surface area contributed by atoms with Crippen LogP contribution in [0, 0.1) is 0 Å². The maximum Gasteiger partial charge on any atom is 1.00 e. The summed E-state index contributed by atoms with van der Waals surface area (Å²) in [5.74, 6) is 0.407. The predicted octanol–water partition coefficient (Wildman–Crippen LogP) is -12.0. The van der Waals surface area contributed by atoms with Gasteiger partial charge in [0.15, 0.2) is 11.9 Å². The standard InChI is InChI=1S/C12H15N5O10P2.3Na/c18-8-7(4-25-29(23,24)27-28(20,21)22)26-11(9(8)19)16-3-6-10(14-5-16)15-12-13-1-2-17(6)12;;;/h1-3,5,7-9,11,18-19H,4H2,(H,23,24)(H2,20,21,22);;;/q;3*+1/p-3. The monoisotopic (exact) mass is 517 g/mol. The minimum absolute atomic E-state index is 0. The molecule has 1 aliphatic heterocycles. The molecule has 15 nitrogen and oxygen atoms in total. The molecular weight excluding hydrogens is 505 g/mol. The van der Waals surface area contributed by atoms with Crippen LogP contribution in [0.4, 0.5) is 0 Å². The first kappa shape index (κ1) is 31.3. The Hall–Kier alpha value is 1.23. The van der Waals surface area contributed by atoms with Crippen LogP contribution in [-0.2, 0) is 22.7 Å². The van der Waals surface area contributed by atoms with E-state index in [1.165, 1.54) is 23.3 Å². The molecule has 0 saturated carbocycles. The van der Waals surface area contributed by atoms with Gasteiger partial charge in [0.1, 0.15) is 23.8 Å². The molecule has 3 aromatic heterocycles. The number of aliphatic hydroxyl groups is 2. The summed E-state index contributed by atoms with van der Waals surface area (Å²) in [5, 5.41) is 20.4. The van der Waals surface area contributed by atoms with Crippen molar-refractivity contribution in [2.75, 3.05) is 6.61 Å². The minimum Gasteiger partial charge on any atom is -0.790 e. The third-order valence-electron chi connectivity index (χ3n) is 4.13. The quantitative estimate of drug-likeness (QED) is 0.229. The van der Waals surface area contributed by atoms with Gasteiger partial charge in [-0.2, -0.15) is 4.98 Å². The SMILES string of the molecule is O=P([O-])([O-])OP(=O)([O-])OCC1OC(n2cnc3nc4nccn4c3c2)C(O)C1O.[Na+].[Na+].[Na+]. The van der Waals surface area contributed by atoms with Gasteiger partial charge in [0.25, 0.3) is 7.82 Å². The summed E-state index contributed by atoms with van der Waals surface area (Å²) >= 11 is 0. The number of nitrogens with zero attached hydrogens (tertiary/aromatic N) is 5. The summed E-state index contributed by atoms with van der Waals surface area (Å²) in [6.45, 7) is -0.907. The second-order valence-electron chi connectivity index (χ2n) is 6.06. The summed E-state index contributed by atoms with van der Waals surface area (Å²) in [7, 11) is -11.3. The zero-order chi connectivity index (χ0) is 21.0. The van der Waals surface area contributed by atoms with Crippen LogP contribution < -0.4 is 103 Å². The smallest absolute Gasteiger partial charge is 0.790 e. The Morgan fingerprint density at radius 1 is 1.12 bits per heavy atom. The van der Waals surface area contributed by atoms with Gasteiger partial charge < -0.3 is 43.3 Å². The third-order valence-corrected chi connectivity index (χ3v) is 6.19. The van der Waals surface area contributed by atoms with Crippen molar-refractivity contribution in [3.05, 3.63) is 24.9 Å². The van der Waals surface area contributed by atoms with Crippen LogP contribution in [0.2, 0.25) is 0 Å². The van der Waals surface area contributed by atoms with E-state index in [4.69, 9.17) is 4.74 Å². The van der Waals surface area contributed by atoms with Crippen molar-refractivity contribution in [1.82, 2.24) is 23.9 Å². The van der Waals surface area contributed by atoms with E-state index in [0.717, 1.165) is 0 Å². The number of hydrogen-bond acceptors (Lipinski definition) is 13. The summed E-state index contributed by atoms with van der Waals surface area (Å²) < 4.78 is 37.7. The molecule has 4 rings (SSSR count). The Kier molecular flexibility index (Phi) is 11.7. The molecular formula is C12H12N5Na3O10P2. The summed E-state index contributed by atoms with van der Waals surface area (Å²) in [4.78, 5) is 44.5. The van der Waals surface area contributed by atoms with Crippen LogP contribution in [0.15, 0.2) is 24.9 Å². The molecule has 0 amide bonds. The molecule has 0 radical (unpaired) electrons. The largest absolute Gasteiger partial charge is 1.00 e. The average molecular weight is 517 g/mol. The zero-order valence-corrected chi connectivity index (χ0v) is 24.9. The van der Waals surface area contributed by atoms with E-state index in [1.54, 1.807) is 10.6 Å². The maximum absolute atomic E-state index is 11.3. The van der Waals surface area contributed by atoms with Gasteiger partial charge in [0, 0.05) is 18.6 Å². The number of rotatable bonds is 6. The first-order valence-electron chi connectivity index (χ1n) is 7.91. The van der Waals surface area contributed by atoms with Crippen molar-refractivity contribution < 1.29 is 136 Å². The van der Waals surface area contributed by atoms with Crippen LogP contribution in [0.5, 0.6) is 0 Å². The Morgan fingerprint density at radius 2 is 1.81 bits per heavy atom. The van der Waals surface area contributed by atoms with Gasteiger partial charge in [0.2, 0.25) is 5.78 Å². The Labute approximate surface area is 246 Å². The second kappa shape index (κ2) is 12.0. The molecule has 5 atom stereocenters. The van der Waals surface area contributed by atoms with Gasteiger partial charge in [-0.3, -0.25) is 13.3 Å². The fourth-order valence-electron chi connectivity index (χ4n) is 2.90. The number of imidazole rings is 2. The topological polar surface area (TPSA) is 219 Å². The molecule has 2 N–H and O–H groups in total. The van der Waals surface area contributed by atoms with Crippen LogP contribution in [-0.4, -0.2) is 59.1 Å². The van der Waals surface area contributed by atoms with E-state index >= 15 is 0 Å². The van der Waals surface area contributed by atoms with Crippen LogP contribution in [0.3, 0.4) is 0 Å². The fourth-order valence-corrected chi connectivity index (χ4v) is 4.40. The van der Waals surface area contributed by atoms with Gasteiger partial charge in [-0.25, -0.2) is 9.97 Å². The van der Waals surface area contributed by atoms with Crippen molar-refractivity contribution in [2.45, 2.75) is 24.5 Å². The van der Waals surface area contributed by atoms with Crippen molar-refractivity contribution in [3.8, 4) is 0 Å². The molecule has 5 unspecified atom stereocenters. The minimum atomic E-state index is -5.85. The van der Waals surface area contributed by atoms with Gasteiger partial charge in [-0.1, -0.05) is 0 Å². The van der Waals surface area contributed by atoms with Crippen LogP contribution in [0.1, 0.15) is 6.23 Å². The Bertz CT molecular complexity index is 1160. The molecule has 1 saturated heterocycles. The molecule has 0 aliphatic carbocycles. The van der Waals surface area contributed by atoms with E-state index < -0.39 is 46.8 Å². The number of fused-ring (bicyclic) bond motifs is 3. The number of phosphoric acid groups is 2. The second-order valence-corrected chi connectivity index (χ2v) is 8.76. The summed E-state index contributed by atoms with van der Waals surface area (Å²) in [6, 6.07) is 0. The molecule has 20 heteroatoms.